The predicted molar refractivity (Wildman–Crippen MR) is 90.6 cm³/mol. The normalized spacial score (nSPS) is 14.0. The first-order valence-electron chi connectivity index (χ1n) is 7.69. The number of phenols is 4. The van der Waals surface area contributed by atoms with Crippen LogP contribution in [0.3, 0.4) is 0 Å². The zero-order chi connectivity index (χ0) is 17.1. The van der Waals surface area contributed by atoms with Crippen LogP contribution < -0.4 is 5.73 Å². The van der Waals surface area contributed by atoms with Crippen LogP contribution in [0.25, 0.3) is 0 Å². The molecule has 0 atom stereocenters. The first-order valence-corrected chi connectivity index (χ1v) is 7.69. The fourth-order valence-corrected chi connectivity index (χ4v) is 2.04. The third kappa shape index (κ3) is 9.26. The average Bonchev–Trinajstić information content (AvgIpc) is 2.55. The maximum atomic E-state index is 8.65. The highest BCUT2D eigenvalue weighted by Crippen LogP contribution is 2.15. The molecule has 5 heteroatoms. The van der Waals surface area contributed by atoms with E-state index in [-0.39, 0.29) is 23.0 Å². The van der Waals surface area contributed by atoms with Crippen molar-refractivity contribution in [2.24, 2.45) is 5.73 Å². The lowest BCUT2D eigenvalue weighted by Crippen LogP contribution is -2.22. The lowest BCUT2D eigenvalue weighted by molar-refractivity contribution is 0.441. The number of hydrogen-bond acceptors (Lipinski definition) is 5. The Labute approximate surface area is 136 Å². The Hall–Kier alpha value is -2.40. The molecule has 126 valence electrons. The van der Waals surface area contributed by atoms with E-state index in [1.165, 1.54) is 80.6 Å². The van der Waals surface area contributed by atoms with Crippen molar-refractivity contribution >= 4 is 0 Å². The van der Waals surface area contributed by atoms with E-state index in [4.69, 9.17) is 26.2 Å². The molecule has 2 aromatic rings. The standard InChI is InChI=1S/C6H13N.2C6H6O2/c7-6-4-2-1-3-5-6;2*7-5-1-2-6(8)4-3-5/h6H,1-5,7H2;2*1-4,7-8H. The quantitative estimate of drug-likeness (QED) is 0.478. The molecular weight excluding hydrogens is 294 g/mol. The molecule has 0 heterocycles. The lowest BCUT2D eigenvalue weighted by Gasteiger charge is -2.15. The van der Waals surface area contributed by atoms with Crippen molar-refractivity contribution in [2.45, 2.75) is 38.1 Å². The Kier molecular flexibility index (Phi) is 8.39. The first kappa shape index (κ1) is 18.6. The molecule has 6 N–H and O–H groups in total. The summed E-state index contributed by atoms with van der Waals surface area (Å²) in [6, 6.07) is 11.9. The Bertz CT molecular complexity index is 448. The second kappa shape index (κ2) is 10.3. The summed E-state index contributed by atoms with van der Waals surface area (Å²) in [6.07, 6.45) is 6.66. The van der Waals surface area contributed by atoms with Gasteiger partial charge in [0.25, 0.3) is 0 Å². The molecule has 0 unspecified atom stereocenters. The fraction of sp³-hybridized carbons (Fsp3) is 0.333. The van der Waals surface area contributed by atoms with E-state index in [1.54, 1.807) is 0 Å². The fourth-order valence-electron chi connectivity index (χ4n) is 2.04. The summed E-state index contributed by atoms with van der Waals surface area (Å²) in [5.74, 6) is 0.677. The Morgan fingerprint density at radius 3 is 1.00 bits per heavy atom. The van der Waals surface area contributed by atoms with Crippen LogP contribution in [0, 0.1) is 0 Å². The molecular formula is C18H25NO4. The molecule has 1 saturated carbocycles. The minimum absolute atomic E-state index is 0.169. The van der Waals surface area contributed by atoms with Crippen LogP contribution in [-0.2, 0) is 0 Å². The highest BCUT2D eigenvalue weighted by molar-refractivity contribution is 5.29. The molecule has 2 aromatic carbocycles. The van der Waals surface area contributed by atoms with Crippen molar-refractivity contribution in [1.82, 2.24) is 0 Å². The van der Waals surface area contributed by atoms with E-state index < -0.39 is 0 Å². The molecule has 23 heavy (non-hydrogen) atoms. The van der Waals surface area contributed by atoms with E-state index in [2.05, 4.69) is 0 Å². The van der Waals surface area contributed by atoms with Gasteiger partial charge in [-0.1, -0.05) is 19.3 Å². The van der Waals surface area contributed by atoms with Gasteiger partial charge < -0.3 is 26.2 Å². The van der Waals surface area contributed by atoms with Crippen molar-refractivity contribution in [3.63, 3.8) is 0 Å². The number of hydrogen-bond donors (Lipinski definition) is 5. The molecule has 0 aliphatic heterocycles. The smallest absolute Gasteiger partial charge is 0.115 e. The number of rotatable bonds is 0. The Balaban J connectivity index is 0.000000173. The average molecular weight is 319 g/mol. The molecule has 0 amide bonds. The number of phenolic OH excluding ortho intramolecular Hbond substituents is 4. The number of nitrogens with two attached hydrogens (primary N) is 1. The van der Waals surface area contributed by atoms with Gasteiger partial charge >= 0.3 is 0 Å². The van der Waals surface area contributed by atoms with E-state index in [1.807, 2.05) is 0 Å². The molecule has 1 aliphatic rings. The largest absolute Gasteiger partial charge is 0.508 e. The first-order chi connectivity index (χ1) is 11.0. The Morgan fingerprint density at radius 2 is 0.826 bits per heavy atom. The van der Waals surface area contributed by atoms with Gasteiger partial charge in [0.05, 0.1) is 0 Å². The second-order valence-electron chi connectivity index (χ2n) is 5.43. The van der Waals surface area contributed by atoms with Gasteiger partial charge in [-0.2, -0.15) is 0 Å². The van der Waals surface area contributed by atoms with E-state index in [9.17, 15) is 0 Å². The summed E-state index contributed by atoms with van der Waals surface area (Å²) in [6.45, 7) is 0. The SMILES string of the molecule is NC1CCCCC1.Oc1ccc(O)cc1.Oc1ccc(O)cc1. The van der Waals surface area contributed by atoms with E-state index in [0.29, 0.717) is 6.04 Å². The van der Waals surface area contributed by atoms with Crippen LogP contribution in [0.2, 0.25) is 0 Å². The molecule has 5 nitrogen and oxygen atoms in total. The van der Waals surface area contributed by atoms with Gasteiger partial charge in [0, 0.05) is 6.04 Å². The van der Waals surface area contributed by atoms with Crippen LogP contribution >= 0.6 is 0 Å². The third-order valence-electron chi connectivity index (χ3n) is 3.35. The highest BCUT2D eigenvalue weighted by Gasteiger charge is 2.06. The maximum absolute atomic E-state index is 8.65. The molecule has 0 saturated heterocycles. The number of benzene rings is 2. The monoisotopic (exact) mass is 319 g/mol. The second-order valence-corrected chi connectivity index (χ2v) is 5.43. The van der Waals surface area contributed by atoms with Crippen molar-refractivity contribution in [2.75, 3.05) is 0 Å². The Morgan fingerprint density at radius 1 is 0.565 bits per heavy atom. The summed E-state index contributed by atoms with van der Waals surface area (Å²) in [7, 11) is 0. The molecule has 1 fully saturated rings. The summed E-state index contributed by atoms with van der Waals surface area (Å²) >= 11 is 0. The van der Waals surface area contributed by atoms with Crippen LogP contribution in [-0.4, -0.2) is 26.5 Å². The predicted octanol–water partition coefficient (Wildman–Crippen LogP) is 3.47. The molecule has 0 spiro atoms. The van der Waals surface area contributed by atoms with Crippen molar-refractivity contribution in [1.29, 1.82) is 0 Å². The van der Waals surface area contributed by atoms with Crippen LogP contribution in [0.4, 0.5) is 0 Å². The molecule has 1 aliphatic carbocycles. The molecule has 0 aromatic heterocycles. The van der Waals surface area contributed by atoms with Crippen LogP contribution in [0.15, 0.2) is 48.5 Å². The van der Waals surface area contributed by atoms with Crippen molar-refractivity contribution in [3.05, 3.63) is 48.5 Å². The molecule has 0 bridgehead atoms. The van der Waals surface area contributed by atoms with Gasteiger partial charge in [-0.05, 0) is 61.4 Å². The van der Waals surface area contributed by atoms with Gasteiger partial charge in [0.2, 0.25) is 0 Å². The van der Waals surface area contributed by atoms with Gasteiger partial charge in [-0.15, -0.1) is 0 Å². The van der Waals surface area contributed by atoms with Crippen LogP contribution in [0.1, 0.15) is 32.1 Å². The zero-order valence-electron chi connectivity index (χ0n) is 13.1. The van der Waals surface area contributed by atoms with Gasteiger partial charge in [-0.3, -0.25) is 0 Å². The minimum atomic E-state index is 0.169. The number of aromatic hydroxyl groups is 4. The van der Waals surface area contributed by atoms with Crippen molar-refractivity contribution in [3.8, 4) is 23.0 Å². The highest BCUT2D eigenvalue weighted by atomic mass is 16.3. The molecule has 0 radical (unpaired) electrons. The zero-order valence-corrected chi connectivity index (χ0v) is 13.1. The minimum Gasteiger partial charge on any atom is -0.508 e. The van der Waals surface area contributed by atoms with Crippen LogP contribution in [0.5, 0.6) is 23.0 Å². The molecule has 3 rings (SSSR count). The topological polar surface area (TPSA) is 107 Å². The van der Waals surface area contributed by atoms with Crippen molar-refractivity contribution < 1.29 is 20.4 Å². The maximum Gasteiger partial charge on any atom is 0.115 e. The van der Waals surface area contributed by atoms with Gasteiger partial charge in [0.15, 0.2) is 0 Å². The summed E-state index contributed by atoms with van der Waals surface area (Å²) < 4.78 is 0. The van der Waals surface area contributed by atoms with Gasteiger partial charge in [0.1, 0.15) is 23.0 Å². The summed E-state index contributed by atoms with van der Waals surface area (Å²) in [5.41, 5.74) is 5.63. The van der Waals surface area contributed by atoms with E-state index in [0.717, 1.165) is 0 Å². The third-order valence-corrected chi connectivity index (χ3v) is 3.35. The van der Waals surface area contributed by atoms with E-state index >= 15 is 0 Å². The summed E-state index contributed by atoms with van der Waals surface area (Å²) in [4.78, 5) is 0. The lowest BCUT2D eigenvalue weighted by atomic mass is 9.97. The summed E-state index contributed by atoms with van der Waals surface area (Å²) in [5, 5.41) is 34.6. The van der Waals surface area contributed by atoms with Gasteiger partial charge in [-0.25, -0.2) is 0 Å².